The van der Waals surface area contributed by atoms with Gasteiger partial charge in [-0.1, -0.05) is 50.4 Å². The van der Waals surface area contributed by atoms with Crippen molar-refractivity contribution in [2.75, 3.05) is 33.3 Å². The second-order valence-corrected chi connectivity index (χ2v) is 22.5. The van der Waals surface area contributed by atoms with Crippen molar-refractivity contribution in [1.29, 1.82) is 0 Å². The molecule has 10 saturated heterocycles. The number of amides is 4. The van der Waals surface area contributed by atoms with Crippen LogP contribution in [0.5, 0.6) is 0 Å². The van der Waals surface area contributed by atoms with Crippen molar-refractivity contribution >= 4 is 29.4 Å². The molecule has 1 aromatic rings. The quantitative estimate of drug-likeness (QED) is 0.144. The highest BCUT2D eigenvalue weighted by molar-refractivity contribution is 5.92. The van der Waals surface area contributed by atoms with E-state index in [2.05, 4.69) is 41.3 Å². The zero-order valence-corrected chi connectivity index (χ0v) is 43.2. The molecular weight excluding hydrogens is 971 g/mol. The monoisotopic (exact) mass is 1050 g/mol. The Morgan fingerprint density at radius 1 is 0.760 bits per heavy atom. The number of hydrogen-bond acceptors (Lipinski definition) is 16. The fourth-order valence-corrected chi connectivity index (χ4v) is 13.4. The van der Waals surface area contributed by atoms with Crippen molar-refractivity contribution < 1.29 is 71.7 Å². The van der Waals surface area contributed by atoms with E-state index in [0.717, 1.165) is 48.8 Å². The van der Waals surface area contributed by atoms with E-state index in [9.17, 15) is 29.1 Å². The number of ketones is 1. The van der Waals surface area contributed by atoms with Crippen LogP contribution in [0, 0.1) is 11.8 Å². The number of nitrogens with one attached hydrogen (secondary N) is 4. The molecule has 10 aliphatic rings. The number of carbonyl (C=O) groups is 5. The molecule has 4 amide bonds. The minimum absolute atomic E-state index is 0.00153. The van der Waals surface area contributed by atoms with E-state index in [0.29, 0.717) is 32.1 Å². The van der Waals surface area contributed by atoms with Crippen LogP contribution < -0.4 is 27.0 Å². The summed E-state index contributed by atoms with van der Waals surface area (Å²) in [6.45, 7) is 9.84. The molecule has 11 rings (SSSR count). The zero-order chi connectivity index (χ0) is 52.5. The van der Waals surface area contributed by atoms with Gasteiger partial charge in [0.15, 0.2) is 5.79 Å². The van der Waals surface area contributed by atoms with E-state index in [1.165, 1.54) is 0 Å². The lowest BCUT2D eigenvalue weighted by atomic mass is 9.81. The van der Waals surface area contributed by atoms with E-state index in [1.807, 2.05) is 6.07 Å². The highest BCUT2D eigenvalue weighted by Gasteiger charge is 2.69. The summed E-state index contributed by atoms with van der Waals surface area (Å²) in [6.07, 6.45) is 1.74. The van der Waals surface area contributed by atoms with Gasteiger partial charge in [-0.2, -0.15) is 0 Å². The summed E-state index contributed by atoms with van der Waals surface area (Å²) < 4.78 is 60.6. The van der Waals surface area contributed by atoms with Gasteiger partial charge in [-0.05, 0) is 67.6 Å². The van der Waals surface area contributed by atoms with Crippen LogP contribution >= 0.6 is 0 Å². The summed E-state index contributed by atoms with van der Waals surface area (Å²) in [7, 11) is 1.58. The number of aliphatic hydroxyl groups excluding tert-OH is 1. The lowest BCUT2D eigenvalue weighted by molar-refractivity contribution is -0.292. The van der Waals surface area contributed by atoms with Gasteiger partial charge >= 0.3 is 0 Å². The molecule has 1 spiro atoms. The van der Waals surface area contributed by atoms with Gasteiger partial charge < -0.3 is 74.7 Å². The molecule has 1 aromatic carbocycles. The maximum atomic E-state index is 14.4. The Kier molecular flexibility index (Phi) is 16.9. The van der Waals surface area contributed by atoms with Crippen molar-refractivity contribution in [2.45, 2.75) is 206 Å². The molecule has 75 heavy (non-hydrogen) atoms. The SMILES string of the molecule is C=C1C[C@@H]2CC[C@@]34C[C@H]5O[C@H]6[C@@H](O3)[C@H]3O[C@H](CC[C@@H]3O[C@H]6[C@H]5O4)CC(=O)C[C@@H]3[C@@H](OC)[C@@H](C[C@H](O)CNC(=O)CNC(=O)[C@H](Cc4ccccc4)NC(=O)CNC(=O)CN)O[C@H]3C[C@H]3O[C@@H](CC[C@@H]1O2)C[C@@H](C)C3=C. The Hall–Kier alpha value is -4.19. The minimum atomic E-state index is -1.09. The molecular formula is C55H77N5O15. The maximum Gasteiger partial charge on any atom is 0.243 e. The molecule has 0 aliphatic carbocycles. The molecule has 0 aromatic heterocycles. The Balaban J connectivity index is 0.802. The smallest absolute Gasteiger partial charge is 0.243 e. The summed E-state index contributed by atoms with van der Waals surface area (Å²) in [5.74, 6) is -3.40. The van der Waals surface area contributed by atoms with Gasteiger partial charge in [-0.25, -0.2) is 0 Å². The molecule has 0 unspecified atom stereocenters. The van der Waals surface area contributed by atoms with E-state index >= 15 is 0 Å². The lowest BCUT2D eigenvalue weighted by Gasteiger charge is -2.47. The topological polar surface area (TPSA) is 263 Å². The minimum Gasteiger partial charge on any atom is -0.391 e. The molecule has 10 aliphatic heterocycles. The number of nitrogens with two attached hydrogens (primary N) is 1. The number of benzene rings is 1. The summed E-state index contributed by atoms with van der Waals surface area (Å²) >= 11 is 0. The molecule has 10 heterocycles. The fourth-order valence-electron chi connectivity index (χ4n) is 13.4. The predicted octanol–water partition coefficient (Wildman–Crippen LogP) is 1.51. The van der Waals surface area contributed by atoms with Crippen LogP contribution in [-0.4, -0.2) is 177 Å². The van der Waals surface area contributed by atoms with Crippen molar-refractivity contribution in [1.82, 2.24) is 21.3 Å². The van der Waals surface area contributed by atoms with Crippen LogP contribution in [0.25, 0.3) is 0 Å². The Bertz CT molecular complexity index is 2270. The van der Waals surface area contributed by atoms with Crippen LogP contribution in [0.15, 0.2) is 54.6 Å². The van der Waals surface area contributed by atoms with Crippen LogP contribution in [0.4, 0.5) is 0 Å². The highest BCUT2D eigenvalue weighted by Crippen LogP contribution is 2.54. The van der Waals surface area contributed by atoms with Gasteiger partial charge in [-0.15, -0.1) is 0 Å². The van der Waals surface area contributed by atoms with E-state index in [1.54, 1.807) is 31.4 Å². The summed E-state index contributed by atoms with van der Waals surface area (Å²) in [5, 5.41) is 21.7. The molecule has 412 valence electrons. The summed E-state index contributed by atoms with van der Waals surface area (Å²) in [6, 6.07) is 7.97. The average Bonchev–Trinajstić information content (AvgIpc) is 4.08. The van der Waals surface area contributed by atoms with E-state index < -0.39 is 84.5 Å². The predicted molar refractivity (Wildman–Crippen MR) is 267 cm³/mol. The molecule has 20 atom stereocenters. The van der Waals surface area contributed by atoms with Crippen molar-refractivity contribution in [3.8, 4) is 0 Å². The first kappa shape index (κ1) is 54.2. The van der Waals surface area contributed by atoms with E-state index in [-0.39, 0.29) is 118 Å². The number of hydrogen-bond donors (Lipinski definition) is 6. The average molecular weight is 1050 g/mol. The molecule has 20 heteroatoms. The molecule has 12 bridgehead atoms. The van der Waals surface area contributed by atoms with Gasteiger partial charge in [0, 0.05) is 64.5 Å². The first-order valence-electron chi connectivity index (χ1n) is 27.4. The number of fused-ring (bicyclic) bond motifs is 6. The first-order chi connectivity index (χ1) is 36.1. The van der Waals surface area contributed by atoms with Crippen LogP contribution in [0.2, 0.25) is 0 Å². The van der Waals surface area contributed by atoms with Crippen LogP contribution in [0.1, 0.15) is 96.0 Å². The summed E-state index contributed by atoms with van der Waals surface area (Å²) in [4.78, 5) is 65.2. The van der Waals surface area contributed by atoms with Gasteiger partial charge in [0.1, 0.15) is 42.3 Å². The third-order valence-electron chi connectivity index (χ3n) is 17.2. The van der Waals surface area contributed by atoms with Crippen molar-refractivity contribution in [3.05, 3.63) is 60.2 Å². The van der Waals surface area contributed by atoms with Gasteiger partial charge in [0.2, 0.25) is 23.6 Å². The Morgan fingerprint density at radius 3 is 2.29 bits per heavy atom. The molecule has 20 nitrogen and oxygen atoms in total. The standard InChI is InChI=1S/C55H77N5O15/c1-28-16-34-10-12-39-29(2)17-36(68-39)14-15-55-23-44-50(74-55)51-52(73-44)53(75-55)49-40(72-51)13-11-35(70-49)19-32(61)20-37-42(22-41(69-34)30(28)3)71-43(48(37)67-4)21-33(62)25-57-46(64)26-59-54(66)38(18-31-8-6-5-7-9-31)60-47(65)27-58-45(63)24-56/h5-9,28,33-44,48-53,62H,2-3,10-27,56H2,1,4H3,(H,57,64)(H,58,63)(H,59,66)(H,60,65)/t28-,33+,34+,35-,36+,37+,38+,39+,40+,41-,42+,43-,44-,48-,49+,50+,51+,52-,53+,55+/m1/s1. The molecule has 10 fully saturated rings. The summed E-state index contributed by atoms with van der Waals surface area (Å²) in [5.41, 5.74) is 8.15. The number of carbonyl (C=O) groups excluding carboxylic acids is 5. The second-order valence-electron chi connectivity index (χ2n) is 22.5. The number of rotatable bonds is 14. The maximum absolute atomic E-state index is 14.4. The number of methoxy groups -OCH3 is 1. The Morgan fingerprint density at radius 2 is 1.49 bits per heavy atom. The number of ether oxygens (including phenoxy) is 9. The van der Waals surface area contributed by atoms with Crippen molar-refractivity contribution in [3.63, 3.8) is 0 Å². The normalized spacial score (nSPS) is 39.9. The fraction of sp³-hybridized carbons (Fsp3) is 0.727. The largest absolute Gasteiger partial charge is 0.391 e. The van der Waals surface area contributed by atoms with E-state index in [4.69, 9.17) is 48.4 Å². The van der Waals surface area contributed by atoms with Gasteiger partial charge in [0.25, 0.3) is 0 Å². The van der Waals surface area contributed by atoms with Crippen molar-refractivity contribution in [2.24, 2.45) is 17.6 Å². The Labute approximate surface area is 438 Å². The second kappa shape index (κ2) is 23.4. The molecule has 0 radical (unpaired) electrons. The van der Waals surface area contributed by atoms with Crippen LogP contribution in [0.3, 0.4) is 0 Å². The first-order valence-corrected chi connectivity index (χ1v) is 27.4. The number of aliphatic hydroxyl groups is 1. The lowest BCUT2D eigenvalue weighted by Crippen LogP contribution is -2.61. The zero-order valence-electron chi connectivity index (χ0n) is 43.2. The van der Waals surface area contributed by atoms with Crippen LogP contribution in [-0.2, 0) is 73.0 Å². The highest BCUT2D eigenvalue weighted by atomic mass is 16.8. The number of Topliss-reactive ketones (excluding diaryl/α,β-unsaturated/α-hetero) is 1. The van der Waals surface area contributed by atoms with Gasteiger partial charge in [-0.3, -0.25) is 24.0 Å². The molecule has 0 saturated carbocycles. The van der Waals surface area contributed by atoms with Gasteiger partial charge in [0.05, 0.1) is 86.8 Å². The molecule has 7 N–H and O–H groups in total. The third-order valence-corrected chi connectivity index (χ3v) is 17.2. The third kappa shape index (κ3) is 12.3.